The van der Waals surface area contributed by atoms with Gasteiger partial charge in [-0.25, -0.2) is 4.79 Å². The van der Waals surface area contributed by atoms with E-state index >= 15 is 0 Å². The molecule has 0 aliphatic carbocycles. The smallest absolute Gasteiger partial charge is 0.409 e. The van der Waals surface area contributed by atoms with Crippen molar-refractivity contribution in [3.63, 3.8) is 0 Å². The summed E-state index contributed by atoms with van der Waals surface area (Å²) in [6.07, 6.45) is 9.41. The standard InChI is InChI=1S/C15H30N2O2S/c1-3-19-15(18)17-11-8-14(9-12-17)16-10-6-4-5-7-13-20-2/h14,16H,3-13H2,1-2H3. The highest BCUT2D eigenvalue weighted by atomic mass is 32.2. The zero-order chi connectivity index (χ0) is 14.6. The minimum atomic E-state index is -0.153. The van der Waals surface area contributed by atoms with Crippen LogP contribution in [0, 0.1) is 0 Å². The number of piperidine rings is 1. The molecule has 1 saturated heterocycles. The number of likely N-dealkylation sites (tertiary alicyclic amines) is 1. The van der Waals surface area contributed by atoms with E-state index in [0.717, 1.165) is 32.5 Å². The van der Waals surface area contributed by atoms with Crippen molar-refractivity contribution in [2.24, 2.45) is 0 Å². The summed E-state index contributed by atoms with van der Waals surface area (Å²) in [4.78, 5) is 13.4. The van der Waals surface area contributed by atoms with Crippen molar-refractivity contribution in [1.29, 1.82) is 0 Å². The van der Waals surface area contributed by atoms with Crippen molar-refractivity contribution in [1.82, 2.24) is 10.2 Å². The van der Waals surface area contributed by atoms with Crippen LogP contribution in [0.25, 0.3) is 0 Å². The van der Waals surface area contributed by atoms with Crippen LogP contribution in [0.2, 0.25) is 0 Å². The first-order chi connectivity index (χ1) is 9.77. The molecule has 1 amide bonds. The summed E-state index contributed by atoms with van der Waals surface area (Å²) < 4.78 is 5.03. The maximum absolute atomic E-state index is 11.6. The molecule has 0 atom stereocenters. The molecule has 0 spiro atoms. The van der Waals surface area contributed by atoms with E-state index in [9.17, 15) is 4.79 Å². The fourth-order valence-corrected chi connectivity index (χ4v) is 3.00. The number of ether oxygens (including phenoxy) is 1. The molecule has 20 heavy (non-hydrogen) atoms. The molecule has 1 heterocycles. The van der Waals surface area contributed by atoms with E-state index < -0.39 is 0 Å². The monoisotopic (exact) mass is 302 g/mol. The van der Waals surface area contributed by atoms with Gasteiger partial charge in [-0.1, -0.05) is 12.8 Å². The van der Waals surface area contributed by atoms with Gasteiger partial charge in [-0.3, -0.25) is 0 Å². The molecule has 1 fully saturated rings. The van der Waals surface area contributed by atoms with Crippen LogP contribution in [0.5, 0.6) is 0 Å². The molecule has 0 aromatic heterocycles. The Morgan fingerprint density at radius 2 is 1.95 bits per heavy atom. The summed E-state index contributed by atoms with van der Waals surface area (Å²) >= 11 is 1.94. The Morgan fingerprint density at radius 1 is 1.25 bits per heavy atom. The topological polar surface area (TPSA) is 41.6 Å². The number of nitrogens with zero attached hydrogens (tertiary/aromatic N) is 1. The highest BCUT2D eigenvalue weighted by Gasteiger charge is 2.22. The van der Waals surface area contributed by atoms with Crippen molar-refractivity contribution >= 4 is 17.9 Å². The van der Waals surface area contributed by atoms with Crippen LogP contribution in [-0.4, -0.2) is 55.3 Å². The molecule has 0 aromatic rings. The average Bonchev–Trinajstić information content (AvgIpc) is 2.47. The molecule has 5 heteroatoms. The quantitative estimate of drug-likeness (QED) is 0.665. The van der Waals surface area contributed by atoms with Gasteiger partial charge in [0.1, 0.15) is 0 Å². The van der Waals surface area contributed by atoms with Crippen LogP contribution in [0.15, 0.2) is 0 Å². The van der Waals surface area contributed by atoms with Crippen LogP contribution >= 0.6 is 11.8 Å². The number of thioether (sulfide) groups is 1. The maximum Gasteiger partial charge on any atom is 0.409 e. The molecule has 0 bridgehead atoms. The van der Waals surface area contributed by atoms with E-state index in [2.05, 4.69) is 11.6 Å². The van der Waals surface area contributed by atoms with E-state index in [1.165, 1.54) is 31.4 Å². The molecule has 0 radical (unpaired) electrons. The number of carbonyl (C=O) groups excluding carboxylic acids is 1. The minimum absolute atomic E-state index is 0.153. The van der Waals surface area contributed by atoms with Crippen molar-refractivity contribution in [2.75, 3.05) is 38.2 Å². The van der Waals surface area contributed by atoms with Gasteiger partial charge in [0.15, 0.2) is 0 Å². The SMILES string of the molecule is CCOC(=O)N1CCC(NCCCCCCSC)CC1. The van der Waals surface area contributed by atoms with E-state index in [1.807, 2.05) is 23.6 Å². The predicted octanol–water partition coefficient (Wildman–Crippen LogP) is 3.12. The normalized spacial score (nSPS) is 16.4. The molecular formula is C15H30N2O2S. The first-order valence-corrected chi connectivity index (χ1v) is 9.31. The summed E-state index contributed by atoms with van der Waals surface area (Å²) in [7, 11) is 0. The molecule has 0 aromatic carbocycles. The number of nitrogens with one attached hydrogen (secondary N) is 1. The van der Waals surface area contributed by atoms with Crippen LogP contribution in [0.1, 0.15) is 45.4 Å². The number of rotatable bonds is 9. The van der Waals surface area contributed by atoms with Gasteiger partial charge in [-0.05, 0) is 51.2 Å². The van der Waals surface area contributed by atoms with E-state index in [0.29, 0.717) is 12.6 Å². The Balaban J connectivity index is 1.98. The molecule has 4 nitrogen and oxygen atoms in total. The van der Waals surface area contributed by atoms with Gasteiger partial charge in [0.25, 0.3) is 0 Å². The molecule has 0 unspecified atom stereocenters. The highest BCUT2D eigenvalue weighted by Crippen LogP contribution is 2.12. The lowest BCUT2D eigenvalue weighted by Gasteiger charge is -2.31. The Morgan fingerprint density at radius 3 is 2.60 bits per heavy atom. The third-order valence-electron chi connectivity index (χ3n) is 3.73. The summed E-state index contributed by atoms with van der Waals surface area (Å²) in [6.45, 7) is 5.08. The van der Waals surface area contributed by atoms with Gasteiger partial charge < -0.3 is 15.0 Å². The fourth-order valence-electron chi connectivity index (χ4n) is 2.51. The summed E-state index contributed by atoms with van der Waals surface area (Å²) in [5.41, 5.74) is 0. The lowest BCUT2D eigenvalue weighted by molar-refractivity contribution is 0.0951. The van der Waals surface area contributed by atoms with Gasteiger partial charge in [-0.15, -0.1) is 0 Å². The zero-order valence-corrected chi connectivity index (χ0v) is 13.8. The van der Waals surface area contributed by atoms with E-state index in [4.69, 9.17) is 4.74 Å². The molecule has 1 aliphatic heterocycles. The van der Waals surface area contributed by atoms with E-state index in [-0.39, 0.29) is 6.09 Å². The zero-order valence-electron chi connectivity index (χ0n) is 13.0. The second-order valence-electron chi connectivity index (χ2n) is 5.32. The second-order valence-corrected chi connectivity index (χ2v) is 6.31. The number of hydrogen-bond acceptors (Lipinski definition) is 4. The molecular weight excluding hydrogens is 272 g/mol. The highest BCUT2D eigenvalue weighted by molar-refractivity contribution is 7.98. The predicted molar refractivity (Wildman–Crippen MR) is 86.5 cm³/mol. The van der Waals surface area contributed by atoms with Gasteiger partial charge in [0.2, 0.25) is 0 Å². The van der Waals surface area contributed by atoms with Crippen LogP contribution in [-0.2, 0) is 4.74 Å². The number of unbranched alkanes of at least 4 members (excludes halogenated alkanes) is 3. The Bertz CT molecular complexity index is 256. The minimum Gasteiger partial charge on any atom is -0.450 e. The van der Waals surface area contributed by atoms with Crippen molar-refractivity contribution < 1.29 is 9.53 Å². The molecule has 0 saturated carbocycles. The summed E-state index contributed by atoms with van der Waals surface area (Å²) in [5.74, 6) is 1.29. The molecule has 118 valence electrons. The molecule has 1 aliphatic rings. The first-order valence-electron chi connectivity index (χ1n) is 7.92. The number of amides is 1. The van der Waals surface area contributed by atoms with Crippen LogP contribution < -0.4 is 5.32 Å². The summed E-state index contributed by atoms with van der Waals surface area (Å²) in [6, 6.07) is 0.576. The van der Waals surface area contributed by atoms with Crippen molar-refractivity contribution in [2.45, 2.75) is 51.5 Å². The van der Waals surface area contributed by atoms with Gasteiger partial charge >= 0.3 is 6.09 Å². The number of carbonyl (C=O) groups is 1. The molecule has 1 rings (SSSR count). The third kappa shape index (κ3) is 7.39. The largest absolute Gasteiger partial charge is 0.450 e. The van der Waals surface area contributed by atoms with Gasteiger partial charge in [0.05, 0.1) is 6.61 Å². The second kappa shape index (κ2) is 11.3. The Labute approximate surface area is 128 Å². The van der Waals surface area contributed by atoms with Crippen LogP contribution in [0.4, 0.5) is 4.79 Å². The van der Waals surface area contributed by atoms with Gasteiger partial charge in [-0.2, -0.15) is 11.8 Å². The van der Waals surface area contributed by atoms with Crippen molar-refractivity contribution in [3.05, 3.63) is 0 Å². The third-order valence-corrected chi connectivity index (χ3v) is 4.43. The first kappa shape index (κ1) is 17.6. The maximum atomic E-state index is 11.6. The number of hydrogen-bond donors (Lipinski definition) is 1. The van der Waals surface area contributed by atoms with Crippen molar-refractivity contribution in [3.8, 4) is 0 Å². The fraction of sp³-hybridized carbons (Fsp3) is 0.933. The van der Waals surface area contributed by atoms with Crippen LogP contribution in [0.3, 0.4) is 0 Å². The Hall–Kier alpha value is -0.420. The lowest BCUT2D eigenvalue weighted by atomic mass is 10.1. The van der Waals surface area contributed by atoms with E-state index in [1.54, 1.807) is 0 Å². The lowest BCUT2D eigenvalue weighted by Crippen LogP contribution is -2.45. The average molecular weight is 302 g/mol. The van der Waals surface area contributed by atoms with Gasteiger partial charge in [0, 0.05) is 19.1 Å². The summed E-state index contributed by atoms with van der Waals surface area (Å²) in [5, 5.41) is 3.62. The molecule has 1 N–H and O–H groups in total. The Kier molecular flexibility index (Phi) is 9.93.